The molecule has 0 aliphatic rings. The lowest BCUT2D eigenvalue weighted by atomic mass is 10.1. The van der Waals surface area contributed by atoms with Crippen molar-refractivity contribution < 1.29 is 17.4 Å². The van der Waals surface area contributed by atoms with Crippen molar-refractivity contribution in [1.82, 2.24) is 10.2 Å². The van der Waals surface area contributed by atoms with Gasteiger partial charge in [0, 0.05) is 48.5 Å². The van der Waals surface area contributed by atoms with Crippen LogP contribution in [0.2, 0.25) is 0 Å². The first kappa shape index (κ1) is 21.5. The molecule has 0 saturated heterocycles. The number of aliphatic imine (C=N–C) groups is 1. The lowest BCUT2D eigenvalue weighted by molar-refractivity contribution is -0.137. The molecule has 1 N–H and O–H groups in total. The van der Waals surface area contributed by atoms with Crippen LogP contribution in [0.5, 0.6) is 0 Å². The van der Waals surface area contributed by atoms with Crippen molar-refractivity contribution in [1.29, 1.82) is 0 Å². The molecule has 1 aromatic rings. The van der Waals surface area contributed by atoms with Crippen LogP contribution in [0.25, 0.3) is 0 Å². The molecule has 0 aliphatic carbocycles. The number of hydrogen-bond donors (Lipinski definition) is 1. The molecule has 1 rings (SSSR count). The Morgan fingerprint density at radius 1 is 1.20 bits per heavy atom. The predicted octanol–water partition coefficient (Wildman–Crippen LogP) is 3.26. The first-order valence-electron chi connectivity index (χ1n) is 7.91. The third-order valence-electron chi connectivity index (χ3n) is 3.53. The van der Waals surface area contributed by atoms with E-state index in [1.807, 2.05) is 25.7 Å². The summed E-state index contributed by atoms with van der Waals surface area (Å²) in [4.78, 5) is 5.96. The molecule has 0 heterocycles. The highest BCUT2D eigenvalue weighted by Gasteiger charge is 2.30. The van der Waals surface area contributed by atoms with Crippen molar-refractivity contribution in [3.63, 3.8) is 0 Å². The van der Waals surface area contributed by atoms with Gasteiger partial charge in [0.25, 0.3) is 0 Å². The minimum atomic E-state index is -4.33. The van der Waals surface area contributed by atoms with Gasteiger partial charge in [-0.2, -0.15) is 13.2 Å². The Kier molecular flexibility index (Phi) is 7.46. The van der Waals surface area contributed by atoms with Gasteiger partial charge < -0.3 is 10.2 Å². The number of halogens is 3. The fraction of sp³-hybridized carbons (Fsp3) is 0.588. The predicted molar refractivity (Wildman–Crippen MR) is 97.0 cm³/mol. The molecule has 0 fully saturated rings. The summed E-state index contributed by atoms with van der Waals surface area (Å²) in [5.41, 5.74) is 0.0859. The smallest absolute Gasteiger partial charge is 0.355 e. The van der Waals surface area contributed by atoms with Gasteiger partial charge in [0.2, 0.25) is 0 Å². The van der Waals surface area contributed by atoms with E-state index in [1.54, 1.807) is 14.1 Å². The molecule has 0 saturated carbocycles. The van der Waals surface area contributed by atoms with E-state index in [2.05, 4.69) is 10.3 Å². The lowest BCUT2D eigenvalue weighted by Gasteiger charge is -2.23. The number of benzene rings is 1. The highest BCUT2D eigenvalue weighted by Crippen LogP contribution is 2.29. The maximum atomic E-state index is 12.6. The van der Waals surface area contributed by atoms with Gasteiger partial charge in [-0.3, -0.25) is 9.20 Å². The summed E-state index contributed by atoms with van der Waals surface area (Å²) in [5.74, 6) is 1.10. The van der Waals surface area contributed by atoms with Crippen LogP contribution in [0.15, 0.2) is 29.3 Å². The second-order valence-corrected chi connectivity index (χ2v) is 9.01. The number of hydrogen-bond acceptors (Lipinski definition) is 2. The molecular formula is C17H26F3N3OS. The van der Waals surface area contributed by atoms with E-state index >= 15 is 0 Å². The minimum absolute atomic E-state index is 0.267. The molecule has 1 atom stereocenters. The molecule has 1 aromatic carbocycles. The number of nitrogens with zero attached hydrogens (tertiary/aromatic N) is 2. The van der Waals surface area contributed by atoms with E-state index in [0.717, 1.165) is 17.7 Å². The van der Waals surface area contributed by atoms with Crippen LogP contribution in [-0.4, -0.2) is 46.2 Å². The van der Waals surface area contributed by atoms with E-state index in [-0.39, 0.29) is 4.75 Å². The Bertz CT molecular complexity index is 607. The van der Waals surface area contributed by atoms with Crippen molar-refractivity contribution in [2.75, 3.05) is 26.4 Å². The maximum Gasteiger partial charge on any atom is 0.416 e. The van der Waals surface area contributed by atoms with Crippen LogP contribution in [0.1, 0.15) is 31.9 Å². The van der Waals surface area contributed by atoms with Gasteiger partial charge in [0.05, 0.1) is 5.56 Å². The molecule has 0 aliphatic heterocycles. The van der Waals surface area contributed by atoms with E-state index in [9.17, 15) is 17.4 Å². The molecule has 0 aromatic heterocycles. The average molecular weight is 377 g/mol. The molecule has 0 bridgehead atoms. The summed E-state index contributed by atoms with van der Waals surface area (Å²) in [6, 6.07) is 5.07. The van der Waals surface area contributed by atoms with E-state index in [0.29, 0.717) is 24.8 Å². The Morgan fingerprint density at radius 2 is 1.76 bits per heavy atom. The largest absolute Gasteiger partial charge is 0.416 e. The molecule has 4 nitrogen and oxygen atoms in total. The van der Waals surface area contributed by atoms with Crippen LogP contribution < -0.4 is 5.32 Å². The zero-order valence-corrected chi connectivity index (χ0v) is 16.1. The van der Waals surface area contributed by atoms with Crippen LogP contribution in [0.4, 0.5) is 13.2 Å². The monoisotopic (exact) mass is 377 g/mol. The molecule has 0 spiro atoms. The van der Waals surface area contributed by atoms with Gasteiger partial charge in [-0.15, -0.1) is 0 Å². The molecule has 8 heteroatoms. The number of nitrogens with one attached hydrogen (secondary N) is 1. The zero-order valence-electron chi connectivity index (χ0n) is 15.3. The van der Waals surface area contributed by atoms with Gasteiger partial charge in [-0.1, -0.05) is 12.1 Å². The third-order valence-corrected chi connectivity index (χ3v) is 5.47. The van der Waals surface area contributed by atoms with Crippen molar-refractivity contribution in [3.05, 3.63) is 35.4 Å². The van der Waals surface area contributed by atoms with Crippen LogP contribution in [-0.2, 0) is 23.5 Å². The third kappa shape index (κ3) is 7.05. The van der Waals surface area contributed by atoms with E-state index < -0.39 is 22.5 Å². The Labute approximate surface area is 150 Å². The van der Waals surface area contributed by atoms with Crippen molar-refractivity contribution in [2.45, 2.75) is 38.2 Å². The molecule has 25 heavy (non-hydrogen) atoms. The number of rotatable bonds is 5. The quantitative estimate of drug-likeness (QED) is 0.633. The van der Waals surface area contributed by atoms with Crippen LogP contribution >= 0.6 is 0 Å². The van der Waals surface area contributed by atoms with Crippen LogP contribution in [0.3, 0.4) is 0 Å². The summed E-state index contributed by atoms with van der Waals surface area (Å²) in [5, 5.41) is 3.13. The molecule has 142 valence electrons. The first-order valence-corrected chi connectivity index (χ1v) is 9.23. The zero-order chi connectivity index (χ0) is 19.3. The normalized spacial score (nSPS) is 14.3. The highest BCUT2D eigenvalue weighted by molar-refractivity contribution is 7.86. The molecule has 0 amide bonds. The molecule has 1 unspecified atom stereocenters. The van der Waals surface area contributed by atoms with Crippen LogP contribution in [0, 0.1) is 0 Å². The average Bonchev–Trinajstić information content (AvgIpc) is 2.49. The van der Waals surface area contributed by atoms with Crippen molar-refractivity contribution in [3.8, 4) is 0 Å². The van der Waals surface area contributed by atoms with Gasteiger partial charge >= 0.3 is 6.18 Å². The Balaban J connectivity index is 2.59. The number of guanidine groups is 1. The second-order valence-electron chi connectivity index (χ2n) is 6.69. The SMILES string of the molecule is CN=C(NCCS(=O)C(C)(C)C)N(C)Cc1ccc(C(F)(F)F)cc1. The Morgan fingerprint density at radius 3 is 2.20 bits per heavy atom. The number of alkyl halides is 3. The lowest BCUT2D eigenvalue weighted by Crippen LogP contribution is -2.41. The topological polar surface area (TPSA) is 44.7 Å². The van der Waals surface area contributed by atoms with Crippen molar-refractivity contribution in [2.24, 2.45) is 4.99 Å². The van der Waals surface area contributed by atoms with Gasteiger partial charge in [0.15, 0.2) is 5.96 Å². The summed E-state index contributed by atoms with van der Waals surface area (Å²) in [6.07, 6.45) is -4.33. The summed E-state index contributed by atoms with van der Waals surface area (Å²) < 4.78 is 49.5. The standard InChI is InChI=1S/C17H26F3N3OS/c1-16(2,3)25(24)11-10-22-15(21-4)23(5)12-13-6-8-14(9-7-13)17(18,19)20/h6-9H,10-12H2,1-5H3,(H,21,22). The van der Waals surface area contributed by atoms with Gasteiger partial charge in [-0.05, 0) is 38.5 Å². The van der Waals surface area contributed by atoms with E-state index in [1.165, 1.54) is 12.1 Å². The fourth-order valence-corrected chi connectivity index (χ4v) is 2.99. The molecular weight excluding hydrogens is 351 g/mol. The Hall–Kier alpha value is -1.57. The summed E-state index contributed by atoms with van der Waals surface area (Å²) >= 11 is 0. The van der Waals surface area contributed by atoms with E-state index in [4.69, 9.17) is 0 Å². The van der Waals surface area contributed by atoms with Gasteiger partial charge in [-0.25, -0.2) is 0 Å². The summed E-state index contributed by atoms with van der Waals surface area (Å²) in [6.45, 7) is 6.70. The highest BCUT2D eigenvalue weighted by atomic mass is 32.2. The minimum Gasteiger partial charge on any atom is -0.355 e. The summed E-state index contributed by atoms with van der Waals surface area (Å²) in [7, 11) is 2.47. The second kappa shape index (κ2) is 8.69. The van der Waals surface area contributed by atoms with Gasteiger partial charge in [0.1, 0.15) is 0 Å². The maximum absolute atomic E-state index is 12.6. The molecule has 0 radical (unpaired) electrons. The fourth-order valence-electron chi connectivity index (χ4n) is 2.09. The first-order chi connectivity index (χ1) is 11.4. The van der Waals surface area contributed by atoms with Crippen molar-refractivity contribution >= 4 is 16.8 Å².